The number of Topliss-reactive ketones (excluding diaryl/α,β-unsaturated/α-hetero) is 1. The second-order valence-corrected chi connectivity index (χ2v) is 6.42. The van der Waals surface area contributed by atoms with Gasteiger partial charge in [-0.1, -0.05) is 13.8 Å². The van der Waals surface area contributed by atoms with E-state index >= 15 is 0 Å². The first kappa shape index (κ1) is 17.9. The van der Waals surface area contributed by atoms with Crippen LogP contribution in [-0.2, 0) is 4.79 Å². The number of nitrogens with zero attached hydrogens (tertiary/aromatic N) is 2. The number of nitro benzene ring substituents is 1. The van der Waals surface area contributed by atoms with Crippen molar-refractivity contribution in [2.24, 2.45) is 10.9 Å². The summed E-state index contributed by atoms with van der Waals surface area (Å²) in [6.07, 6.45) is 1.62. The van der Waals surface area contributed by atoms with E-state index in [0.717, 1.165) is 0 Å². The second kappa shape index (κ2) is 7.00. The molecule has 0 spiro atoms. The molecule has 0 N–H and O–H groups in total. The molecule has 0 aromatic heterocycles. The smallest absolute Gasteiger partial charge is 0.277 e. The zero-order chi connectivity index (χ0) is 18.0. The van der Waals surface area contributed by atoms with Crippen LogP contribution in [-0.4, -0.2) is 22.3 Å². The molecule has 0 saturated heterocycles. The monoisotopic (exact) mass is 390 g/mol. The lowest BCUT2D eigenvalue weighted by atomic mass is 9.90. The topological polar surface area (TPSA) is 89.6 Å². The predicted octanol–water partition coefficient (Wildman–Crippen LogP) is 4.01. The largest absolute Gasteiger partial charge is 0.288 e. The van der Waals surface area contributed by atoms with Gasteiger partial charge in [0, 0.05) is 23.3 Å². The van der Waals surface area contributed by atoms with Crippen molar-refractivity contribution in [3.63, 3.8) is 0 Å². The Hall–Kier alpha value is -2.41. The molecule has 0 unspecified atom stereocenters. The first-order chi connectivity index (χ1) is 11.2. The second-order valence-electron chi connectivity index (χ2n) is 5.63. The van der Waals surface area contributed by atoms with Gasteiger partial charge >= 0.3 is 0 Å². The van der Waals surface area contributed by atoms with Crippen LogP contribution in [0.4, 0.5) is 5.69 Å². The lowest BCUT2D eigenvalue weighted by Crippen LogP contribution is -2.19. The zero-order valence-corrected chi connectivity index (χ0v) is 15.0. The van der Waals surface area contributed by atoms with Crippen molar-refractivity contribution in [1.29, 1.82) is 0 Å². The van der Waals surface area contributed by atoms with Crippen molar-refractivity contribution in [2.75, 3.05) is 0 Å². The van der Waals surface area contributed by atoms with Crippen LogP contribution in [0.3, 0.4) is 0 Å². The number of hydrogen-bond donors (Lipinski definition) is 0. The maximum absolute atomic E-state index is 12.3. The number of non-ortho nitro benzene ring substituents is 1. The number of carbonyl (C=O) groups is 2. The van der Waals surface area contributed by atoms with Gasteiger partial charge in [-0.25, -0.2) is 4.99 Å². The number of hydrogen-bond acceptors (Lipinski definition) is 4. The van der Waals surface area contributed by atoms with Gasteiger partial charge in [-0.3, -0.25) is 19.7 Å². The molecular formula is C17H15BrN2O4. The number of allylic oxidation sites excluding steroid dienone is 4. The minimum absolute atomic E-state index is 0.00201. The molecule has 24 heavy (non-hydrogen) atoms. The number of halogens is 1. The Morgan fingerprint density at radius 3 is 2.33 bits per heavy atom. The SMILES string of the molecule is CC1=C(Br)C(=O)C(C(C)C)=CC1=NC(=O)c1ccc([N+](=O)[O-])cc1. The first-order valence-corrected chi connectivity index (χ1v) is 8.02. The van der Waals surface area contributed by atoms with Crippen LogP contribution in [0, 0.1) is 16.0 Å². The molecule has 0 atom stereocenters. The van der Waals surface area contributed by atoms with E-state index in [-0.39, 0.29) is 23.0 Å². The summed E-state index contributed by atoms with van der Waals surface area (Å²) in [5.74, 6) is -0.629. The van der Waals surface area contributed by atoms with Crippen molar-refractivity contribution in [2.45, 2.75) is 20.8 Å². The minimum Gasteiger partial charge on any atom is -0.288 e. The van der Waals surface area contributed by atoms with Crippen molar-refractivity contribution >= 4 is 39.0 Å². The summed E-state index contributed by atoms with van der Waals surface area (Å²) in [6, 6.07) is 5.23. The molecule has 0 bridgehead atoms. The lowest BCUT2D eigenvalue weighted by Gasteiger charge is -2.18. The van der Waals surface area contributed by atoms with Gasteiger partial charge in [0.25, 0.3) is 11.6 Å². The molecule has 6 nitrogen and oxygen atoms in total. The van der Waals surface area contributed by atoms with Gasteiger partial charge in [0.2, 0.25) is 0 Å². The number of benzene rings is 1. The number of nitro groups is 1. The van der Waals surface area contributed by atoms with E-state index in [0.29, 0.717) is 21.3 Å². The predicted molar refractivity (Wildman–Crippen MR) is 94.4 cm³/mol. The zero-order valence-electron chi connectivity index (χ0n) is 13.4. The van der Waals surface area contributed by atoms with Gasteiger partial charge in [-0.15, -0.1) is 0 Å². The Kier molecular flexibility index (Phi) is 5.23. The van der Waals surface area contributed by atoms with Gasteiger partial charge in [0.15, 0.2) is 5.78 Å². The highest BCUT2D eigenvalue weighted by atomic mass is 79.9. The normalized spacial score (nSPS) is 16.6. The summed E-state index contributed by atoms with van der Waals surface area (Å²) in [5.41, 5.74) is 1.72. The summed E-state index contributed by atoms with van der Waals surface area (Å²) < 4.78 is 0.393. The van der Waals surface area contributed by atoms with Crippen LogP contribution >= 0.6 is 15.9 Å². The Morgan fingerprint density at radius 1 is 1.25 bits per heavy atom. The highest BCUT2D eigenvalue weighted by Gasteiger charge is 2.25. The standard InChI is InChI=1S/C17H15BrN2O4/c1-9(2)13-8-14(10(3)15(18)16(13)21)19-17(22)11-4-6-12(7-5-11)20(23)24/h4-9H,1-3H3. The summed E-state index contributed by atoms with van der Waals surface area (Å²) in [4.78, 5) is 38.7. The van der Waals surface area contributed by atoms with Crippen LogP contribution in [0.15, 0.2) is 51.0 Å². The summed E-state index contributed by atoms with van der Waals surface area (Å²) in [6.45, 7) is 5.48. The van der Waals surface area contributed by atoms with E-state index in [2.05, 4.69) is 20.9 Å². The van der Waals surface area contributed by atoms with E-state index in [1.165, 1.54) is 24.3 Å². The molecule has 7 heteroatoms. The van der Waals surface area contributed by atoms with E-state index in [1.807, 2.05) is 13.8 Å². The van der Waals surface area contributed by atoms with Crippen LogP contribution in [0.25, 0.3) is 0 Å². The molecular weight excluding hydrogens is 376 g/mol. The number of aliphatic imine (C=N–C) groups is 1. The molecule has 124 valence electrons. The van der Waals surface area contributed by atoms with E-state index in [1.54, 1.807) is 13.0 Å². The maximum atomic E-state index is 12.3. The molecule has 0 heterocycles. The fourth-order valence-electron chi connectivity index (χ4n) is 2.18. The molecule has 2 rings (SSSR count). The molecule has 0 radical (unpaired) electrons. The molecule has 1 aliphatic carbocycles. The molecule has 0 saturated carbocycles. The fourth-order valence-corrected chi connectivity index (χ4v) is 2.61. The van der Waals surface area contributed by atoms with Gasteiger partial charge in [0.05, 0.1) is 15.1 Å². The highest BCUT2D eigenvalue weighted by molar-refractivity contribution is 9.12. The molecule has 0 fully saturated rings. The Labute approximate surface area is 147 Å². The maximum Gasteiger partial charge on any atom is 0.277 e. The fraction of sp³-hybridized carbons (Fsp3) is 0.235. The van der Waals surface area contributed by atoms with Crippen molar-refractivity contribution in [3.8, 4) is 0 Å². The van der Waals surface area contributed by atoms with Gasteiger partial charge in [-0.2, -0.15) is 0 Å². The van der Waals surface area contributed by atoms with Crippen molar-refractivity contribution in [1.82, 2.24) is 0 Å². The third-order valence-corrected chi connectivity index (χ3v) is 4.59. The average molecular weight is 391 g/mol. The third-order valence-electron chi connectivity index (χ3n) is 3.64. The van der Waals surface area contributed by atoms with Gasteiger partial charge in [-0.05, 0) is 52.6 Å². The number of rotatable bonds is 3. The van der Waals surface area contributed by atoms with Crippen molar-refractivity contribution < 1.29 is 14.5 Å². The Bertz CT molecular complexity index is 817. The van der Waals surface area contributed by atoms with E-state index in [9.17, 15) is 19.7 Å². The molecule has 1 amide bonds. The molecule has 0 aliphatic heterocycles. The average Bonchev–Trinajstić information content (AvgIpc) is 2.55. The summed E-state index contributed by atoms with van der Waals surface area (Å²) in [5, 5.41) is 10.7. The minimum atomic E-state index is -0.533. The van der Waals surface area contributed by atoms with E-state index < -0.39 is 10.8 Å². The quantitative estimate of drug-likeness (QED) is 0.442. The first-order valence-electron chi connectivity index (χ1n) is 7.23. The lowest BCUT2D eigenvalue weighted by molar-refractivity contribution is -0.384. The van der Waals surface area contributed by atoms with Crippen LogP contribution in [0.5, 0.6) is 0 Å². The van der Waals surface area contributed by atoms with Gasteiger partial charge < -0.3 is 0 Å². The van der Waals surface area contributed by atoms with Crippen LogP contribution < -0.4 is 0 Å². The number of carbonyl (C=O) groups excluding carboxylic acids is 2. The number of amides is 1. The van der Waals surface area contributed by atoms with Gasteiger partial charge in [0.1, 0.15) is 0 Å². The van der Waals surface area contributed by atoms with Crippen LogP contribution in [0.1, 0.15) is 31.1 Å². The third kappa shape index (κ3) is 3.56. The molecule has 1 aromatic rings. The molecule has 1 aliphatic rings. The highest BCUT2D eigenvalue weighted by Crippen LogP contribution is 2.28. The molecule has 1 aromatic carbocycles. The summed E-state index contributed by atoms with van der Waals surface area (Å²) in [7, 11) is 0. The van der Waals surface area contributed by atoms with Crippen LogP contribution in [0.2, 0.25) is 0 Å². The number of ketones is 1. The summed E-state index contributed by atoms with van der Waals surface area (Å²) >= 11 is 3.26. The Morgan fingerprint density at radius 2 is 1.83 bits per heavy atom. The van der Waals surface area contributed by atoms with Crippen molar-refractivity contribution in [3.05, 3.63) is 61.6 Å². The van der Waals surface area contributed by atoms with E-state index in [4.69, 9.17) is 0 Å². The Balaban J connectivity index is 2.39.